The molecular weight excluding hydrogens is 192 g/mol. The van der Waals surface area contributed by atoms with Crippen LogP contribution < -0.4 is 5.32 Å². The van der Waals surface area contributed by atoms with Crippen LogP contribution in [0, 0.1) is 0 Å². The topological polar surface area (TPSA) is 58.5 Å². The molecule has 0 aromatic heterocycles. The minimum atomic E-state index is -0.0828. The Morgan fingerprint density at radius 3 is 2.60 bits per heavy atom. The number of hydrogen-bond acceptors (Lipinski definition) is 3. The third-order valence-corrected chi connectivity index (χ3v) is 1.93. The lowest BCUT2D eigenvalue weighted by molar-refractivity contribution is -0.117. The van der Waals surface area contributed by atoms with Crippen molar-refractivity contribution in [1.29, 1.82) is 0 Å². The van der Waals surface area contributed by atoms with Gasteiger partial charge in [-0.1, -0.05) is 19.4 Å². The molecule has 0 aromatic rings. The highest BCUT2D eigenvalue weighted by atomic mass is 16.1. The van der Waals surface area contributed by atoms with E-state index in [1.165, 1.54) is 6.08 Å². The van der Waals surface area contributed by atoms with Gasteiger partial charge < -0.3 is 5.32 Å². The fraction of sp³-hybridized carbons (Fsp3) is 0.636. The van der Waals surface area contributed by atoms with Gasteiger partial charge in [0.25, 0.3) is 0 Å². The number of nitrogens with one attached hydrogen (secondary N) is 1. The number of hydrogen-bond donors (Lipinski definition) is 1. The van der Waals surface area contributed by atoms with Crippen molar-refractivity contribution in [3.05, 3.63) is 12.2 Å². The van der Waals surface area contributed by atoms with E-state index in [1.54, 1.807) is 6.92 Å². The number of isocyanates is 1. The number of unbranched alkanes of at least 4 members (excludes halogenated alkanes) is 3. The predicted molar refractivity (Wildman–Crippen MR) is 59.3 cm³/mol. The van der Waals surface area contributed by atoms with Crippen molar-refractivity contribution < 1.29 is 9.59 Å². The molecule has 0 saturated carbocycles. The second kappa shape index (κ2) is 9.16. The number of rotatable bonds is 8. The number of aliphatic imine (C=N–C) groups is 1. The highest BCUT2D eigenvalue weighted by Crippen LogP contribution is 1.99. The van der Waals surface area contributed by atoms with E-state index in [-0.39, 0.29) is 5.91 Å². The maximum absolute atomic E-state index is 11.0. The monoisotopic (exact) mass is 210 g/mol. The third kappa shape index (κ3) is 8.91. The molecule has 4 nitrogen and oxygen atoms in total. The summed E-state index contributed by atoms with van der Waals surface area (Å²) in [6.45, 7) is 6.47. The molecule has 0 saturated heterocycles. The molecule has 0 heterocycles. The molecule has 0 aliphatic rings. The number of carbonyl (C=O) groups is 1. The van der Waals surface area contributed by atoms with Gasteiger partial charge in [-0.05, 0) is 19.8 Å². The fourth-order valence-electron chi connectivity index (χ4n) is 1.07. The van der Waals surface area contributed by atoms with E-state index in [2.05, 4.69) is 16.9 Å². The minimum absolute atomic E-state index is 0.0828. The Morgan fingerprint density at radius 2 is 2.00 bits per heavy atom. The summed E-state index contributed by atoms with van der Waals surface area (Å²) in [5.74, 6) is -0.0828. The van der Waals surface area contributed by atoms with Crippen molar-refractivity contribution in [2.75, 3.05) is 13.1 Å². The Balaban J connectivity index is 3.21. The van der Waals surface area contributed by atoms with Crippen LogP contribution >= 0.6 is 0 Å². The Morgan fingerprint density at radius 1 is 1.33 bits per heavy atom. The molecule has 15 heavy (non-hydrogen) atoms. The first-order valence-corrected chi connectivity index (χ1v) is 5.16. The van der Waals surface area contributed by atoms with Gasteiger partial charge >= 0.3 is 0 Å². The van der Waals surface area contributed by atoms with Gasteiger partial charge in [-0.2, -0.15) is 0 Å². The second-order valence-corrected chi connectivity index (χ2v) is 3.42. The van der Waals surface area contributed by atoms with Gasteiger partial charge in [0.2, 0.25) is 12.0 Å². The van der Waals surface area contributed by atoms with Crippen LogP contribution in [0.3, 0.4) is 0 Å². The van der Waals surface area contributed by atoms with Crippen LogP contribution in [0.4, 0.5) is 0 Å². The van der Waals surface area contributed by atoms with E-state index in [9.17, 15) is 9.59 Å². The van der Waals surface area contributed by atoms with Crippen molar-refractivity contribution >= 4 is 12.0 Å². The molecule has 84 valence electrons. The van der Waals surface area contributed by atoms with Crippen molar-refractivity contribution in [2.24, 2.45) is 4.99 Å². The predicted octanol–water partition coefficient (Wildman–Crippen LogP) is 1.57. The van der Waals surface area contributed by atoms with E-state index in [1.807, 2.05) is 0 Å². The number of nitrogens with zero attached hydrogens (tertiary/aromatic N) is 1. The highest BCUT2D eigenvalue weighted by molar-refractivity contribution is 5.91. The van der Waals surface area contributed by atoms with Crippen LogP contribution in [-0.2, 0) is 9.59 Å². The van der Waals surface area contributed by atoms with Crippen LogP contribution in [0.15, 0.2) is 17.1 Å². The van der Waals surface area contributed by atoms with E-state index in [0.717, 1.165) is 25.7 Å². The zero-order valence-corrected chi connectivity index (χ0v) is 9.21. The summed E-state index contributed by atoms with van der Waals surface area (Å²) in [6.07, 6.45) is 5.41. The van der Waals surface area contributed by atoms with Gasteiger partial charge in [0.15, 0.2) is 0 Å². The summed E-state index contributed by atoms with van der Waals surface area (Å²) in [4.78, 5) is 24.2. The van der Waals surface area contributed by atoms with Gasteiger partial charge in [-0.15, -0.1) is 0 Å². The van der Waals surface area contributed by atoms with Gasteiger partial charge in [0.05, 0.1) is 6.54 Å². The smallest absolute Gasteiger partial charge is 0.246 e. The Hall–Kier alpha value is -1.41. The molecule has 0 radical (unpaired) electrons. The zero-order valence-electron chi connectivity index (χ0n) is 9.21. The Labute approximate surface area is 90.5 Å². The molecule has 0 atom stereocenters. The van der Waals surface area contributed by atoms with Crippen LogP contribution in [0.5, 0.6) is 0 Å². The molecule has 0 unspecified atom stereocenters. The van der Waals surface area contributed by atoms with Gasteiger partial charge in [0, 0.05) is 12.1 Å². The first-order valence-electron chi connectivity index (χ1n) is 5.16. The first-order chi connectivity index (χ1) is 7.18. The molecular formula is C11H18N2O2. The van der Waals surface area contributed by atoms with Gasteiger partial charge in [-0.3, -0.25) is 4.79 Å². The molecule has 0 aliphatic heterocycles. The van der Waals surface area contributed by atoms with Crippen LogP contribution in [0.1, 0.15) is 32.6 Å². The van der Waals surface area contributed by atoms with Crippen molar-refractivity contribution in [1.82, 2.24) is 5.32 Å². The lowest BCUT2D eigenvalue weighted by Crippen LogP contribution is -2.24. The van der Waals surface area contributed by atoms with Crippen LogP contribution in [0.2, 0.25) is 0 Å². The standard InChI is InChI=1S/C11H18N2O2/c1-10(2)11(15)13-8-6-4-3-5-7-12-9-14/h1,3-8H2,2H3,(H,13,15). The van der Waals surface area contributed by atoms with Crippen molar-refractivity contribution in [3.8, 4) is 0 Å². The first kappa shape index (κ1) is 13.6. The summed E-state index contributed by atoms with van der Waals surface area (Å²) in [6, 6.07) is 0. The van der Waals surface area contributed by atoms with Crippen LogP contribution in [-0.4, -0.2) is 25.1 Å². The largest absolute Gasteiger partial charge is 0.352 e. The summed E-state index contributed by atoms with van der Waals surface area (Å²) in [5, 5.41) is 2.76. The summed E-state index contributed by atoms with van der Waals surface area (Å²) < 4.78 is 0. The summed E-state index contributed by atoms with van der Waals surface area (Å²) in [7, 11) is 0. The maximum Gasteiger partial charge on any atom is 0.246 e. The van der Waals surface area contributed by atoms with E-state index in [4.69, 9.17) is 0 Å². The summed E-state index contributed by atoms with van der Waals surface area (Å²) >= 11 is 0. The van der Waals surface area contributed by atoms with E-state index < -0.39 is 0 Å². The van der Waals surface area contributed by atoms with Crippen molar-refractivity contribution in [3.63, 3.8) is 0 Å². The lowest BCUT2D eigenvalue weighted by atomic mass is 10.2. The molecule has 1 amide bonds. The molecule has 0 aromatic carbocycles. The highest BCUT2D eigenvalue weighted by Gasteiger charge is 1.98. The molecule has 0 rings (SSSR count). The second-order valence-electron chi connectivity index (χ2n) is 3.42. The normalized spacial score (nSPS) is 9.13. The maximum atomic E-state index is 11.0. The number of carbonyl (C=O) groups excluding carboxylic acids is 2. The number of amides is 1. The average Bonchev–Trinajstić information content (AvgIpc) is 2.21. The zero-order chi connectivity index (χ0) is 11.5. The Kier molecular flexibility index (Phi) is 8.30. The minimum Gasteiger partial charge on any atom is -0.352 e. The Bertz CT molecular complexity index is 255. The molecule has 1 N–H and O–H groups in total. The SMILES string of the molecule is C=C(C)C(=O)NCCCCCCN=C=O. The van der Waals surface area contributed by atoms with Crippen molar-refractivity contribution in [2.45, 2.75) is 32.6 Å². The quantitative estimate of drug-likeness (QED) is 0.286. The molecule has 0 fully saturated rings. The molecule has 0 bridgehead atoms. The van der Waals surface area contributed by atoms with E-state index >= 15 is 0 Å². The molecule has 0 spiro atoms. The summed E-state index contributed by atoms with van der Waals surface area (Å²) in [5.41, 5.74) is 0.537. The fourth-order valence-corrected chi connectivity index (χ4v) is 1.07. The lowest BCUT2D eigenvalue weighted by Gasteiger charge is -2.03. The third-order valence-electron chi connectivity index (χ3n) is 1.93. The molecule has 0 aliphatic carbocycles. The molecule has 4 heteroatoms. The van der Waals surface area contributed by atoms with Crippen LogP contribution in [0.25, 0.3) is 0 Å². The van der Waals surface area contributed by atoms with E-state index in [0.29, 0.717) is 18.7 Å². The van der Waals surface area contributed by atoms with Gasteiger partial charge in [-0.25, -0.2) is 9.79 Å². The van der Waals surface area contributed by atoms with Gasteiger partial charge in [0.1, 0.15) is 0 Å². The average molecular weight is 210 g/mol.